The summed E-state index contributed by atoms with van der Waals surface area (Å²) in [4.78, 5) is 28.6. The van der Waals surface area contributed by atoms with Gasteiger partial charge in [-0.1, -0.05) is 126 Å². The number of carbonyl (C=O) groups is 2. The van der Waals surface area contributed by atoms with Gasteiger partial charge in [-0.05, 0) is 52.6 Å². The van der Waals surface area contributed by atoms with E-state index in [1.165, 1.54) is 34.1 Å². The van der Waals surface area contributed by atoms with Gasteiger partial charge in [-0.3, -0.25) is 14.5 Å². The van der Waals surface area contributed by atoms with Crippen molar-refractivity contribution in [2.24, 2.45) is 0 Å². The number of ketones is 1. The maximum absolute atomic E-state index is 13.7. The standard InChI is InChI=1S/C35H26ClN3O4S2/c36-27-17-14-25(15-18-27)22-44-35-38-37-34(45-35)39-31(26-12-7-13-28(20-26)43-21-24-10-5-2-6-11-24)30(32(41)33(39)42)29(40)19-16-23-8-3-1-4-9-23/h1-20,31,41H,21-22H2. The van der Waals surface area contributed by atoms with E-state index in [4.69, 9.17) is 16.3 Å². The van der Waals surface area contributed by atoms with Crippen molar-refractivity contribution in [3.05, 3.63) is 154 Å². The molecule has 0 aliphatic carbocycles. The van der Waals surface area contributed by atoms with Gasteiger partial charge >= 0.3 is 0 Å². The minimum Gasteiger partial charge on any atom is -0.503 e. The molecule has 1 atom stereocenters. The summed E-state index contributed by atoms with van der Waals surface area (Å²) in [6.45, 7) is 0.342. The van der Waals surface area contributed by atoms with Crippen LogP contribution >= 0.6 is 34.7 Å². The number of benzene rings is 4. The van der Waals surface area contributed by atoms with Gasteiger partial charge in [-0.2, -0.15) is 0 Å². The molecular weight excluding hydrogens is 626 g/mol. The molecule has 224 valence electrons. The molecule has 1 aliphatic rings. The van der Waals surface area contributed by atoms with E-state index in [0.29, 0.717) is 33.0 Å². The lowest BCUT2D eigenvalue weighted by atomic mass is 9.95. The second-order valence-electron chi connectivity index (χ2n) is 10.1. The largest absolute Gasteiger partial charge is 0.503 e. The third kappa shape index (κ3) is 7.17. The normalized spacial score (nSPS) is 14.8. The van der Waals surface area contributed by atoms with Crippen LogP contribution in [0.25, 0.3) is 6.08 Å². The van der Waals surface area contributed by atoms with Gasteiger partial charge < -0.3 is 9.84 Å². The first-order chi connectivity index (χ1) is 22.0. The highest BCUT2D eigenvalue weighted by molar-refractivity contribution is 8.00. The first-order valence-electron chi connectivity index (χ1n) is 14.0. The molecule has 7 nitrogen and oxygen atoms in total. The summed E-state index contributed by atoms with van der Waals surface area (Å²) in [5.41, 5.74) is 3.41. The number of hydrogen-bond donors (Lipinski definition) is 1. The molecule has 0 radical (unpaired) electrons. The number of nitrogens with zero attached hydrogens (tertiary/aromatic N) is 3. The lowest BCUT2D eigenvalue weighted by Crippen LogP contribution is -2.30. The lowest BCUT2D eigenvalue weighted by molar-refractivity contribution is -0.117. The molecule has 1 aliphatic heterocycles. The van der Waals surface area contributed by atoms with Crippen molar-refractivity contribution in [1.29, 1.82) is 0 Å². The summed E-state index contributed by atoms with van der Waals surface area (Å²) in [5, 5.41) is 20.7. The number of aliphatic hydroxyl groups is 1. The quantitative estimate of drug-likeness (QED) is 0.0873. The first kappa shape index (κ1) is 30.3. The molecule has 45 heavy (non-hydrogen) atoms. The fourth-order valence-electron chi connectivity index (χ4n) is 4.79. The van der Waals surface area contributed by atoms with Crippen molar-refractivity contribution in [2.45, 2.75) is 22.7 Å². The van der Waals surface area contributed by atoms with E-state index in [2.05, 4.69) is 10.2 Å². The number of ether oxygens (including phenoxy) is 1. The van der Waals surface area contributed by atoms with E-state index in [0.717, 1.165) is 16.7 Å². The van der Waals surface area contributed by atoms with Crippen molar-refractivity contribution in [1.82, 2.24) is 10.2 Å². The maximum Gasteiger partial charge on any atom is 0.296 e. The average molecular weight is 652 g/mol. The Balaban J connectivity index is 1.31. The monoisotopic (exact) mass is 651 g/mol. The van der Waals surface area contributed by atoms with Crippen LogP contribution in [0.5, 0.6) is 5.75 Å². The van der Waals surface area contributed by atoms with Gasteiger partial charge in [0.1, 0.15) is 12.4 Å². The molecule has 4 aromatic carbocycles. The summed E-state index contributed by atoms with van der Waals surface area (Å²) in [6.07, 6.45) is 3.02. The summed E-state index contributed by atoms with van der Waals surface area (Å²) < 4.78 is 6.69. The van der Waals surface area contributed by atoms with Crippen LogP contribution in [0, 0.1) is 0 Å². The van der Waals surface area contributed by atoms with Gasteiger partial charge in [-0.25, -0.2) is 0 Å². The summed E-state index contributed by atoms with van der Waals surface area (Å²) in [5.74, 6) is -0.657. The Bertz CT molecular complexity index is 1880. The van der Waals surface area contributed by atoms with Crippen LogP contribution in [0.2, 0.25) is 5.02 Å². The van der Waals surface area contributed by atoms with Crippen LogP contribution in [0.15, 0.2) is 131 Å². The molecule has 1 N–H and O–H groups in total. The second-order valence-corrected chi connectivity index (χ2v) is 12.7. The number of halogens is 1. The van der Waals surface area contributed by atoms with Gasteiger partial charge in [-0.15, -0.1) is 10.2 Å². The second kappa shape index (κ2) is 13.9. The zero-order chi connectivity index (χ0) is 31.2. The highest BCUT2D eigenvalue weighted by Gasteiger charge is 2.45. The number of hydrogen-bond acceptors (Lipinski definition) is 8. The van der Waals surface area contributed by atoms with Crippen LogP contribution in [0.4, 0.5) is 5.13 Å². The number of aliphatic hydroxyl groups excluding tert-OH is 1. The highest BCUT2D eigenvalue weighted by atomic mass is 35.5. The Labute approximate surface area is 273 Å². The van der Waals surface area contributed by atoms with Crippen molar-refractivity contribution in [2.75, 3.05) is 4.90 Å². The molecule has 2 heterocycles. The Kier molecular flexibility index (Phi) is 9.40. The van der Waals surface area contributed by atoms with Crippen molar-refractivity contribution in [3.63, 3.8) is 0 Å². The molecule has 0 bridgehead atoms. The van der Waals surface area contributed by atoms with Gasteiger partial charge in [0.05, 0.1) is 11.6 Å². The molecule has 0 spiro atoms. The number of rotatable bonds is 11. The van der Waals surface area contributed by atoms with Gasteiger partial charge in [0.25, 0.3) is 5.91 Å². The van der Waals surface area contributed by atoms with Gasteiger partial charge in [0.15, 0.2) is 15.9 Å². The Morgan fingerprint density at radius 3 is 2.42 bits per heavy atom. The summed E-state index contributed by atoms with van der Waals surface area (Å²) >= 11 is 8.69. The van der Waals surface area contributed by atoms with E-state index < -0.39 is 23.5 Å². The summed E-state index contributed by atoms with van der Waals surface area (Å²) in [7, 11) is 0. The molecule has 10 heteroatoms. The number of aromatic nitrogens is 2. The van der Waals surface area contributed by atoms with E-state index >= 15 is 0 Å². The molecule has 0 fully saturated rings. The van der Waals surface area contributed by atoms with E-state index in [1.54, 1.807) is 24.3 Å². The number of thioether (sulfide) groups is 1. The molecular formula is C35H26ClN3O4S2. The Hall–Kier alpha value is -4.70. The van der Waals surface area contributed by atoms with Gasteiger partial charge in [0, 0.05) is 10.8 Å². The smallest absolute Gasteiger partial charge is 0.296 e. The van der Waals surface area contributed by atoms with Crippen molar-refractivity contribution < 1.29 is 19.4 Å². The number of anilines is 1. The number of carbonyl (C=O) groups excluding carboxylic acids is 2. The lowest BCUT2D eigenvalue weighted by Gasteiger charge is -2.24. The Morgan fingerprint density at radius 1 is 0.933 bits per heavy atom. The molecule has 6 rings (SSSR count). The minimum absolute atomic E-state index is 0.0436. The molecule has 0 saturated heterocycles. The molecule has 1 amide bonds. The third-order valence-electron chi connectivity index (χ3n) is 7.00. The van der Waals surface area contributed by atoms with Crippen LogP contribution in [0.1, 0.15) is 28.3 Å². The van der Waals surface area contributed by atoms with Crippen LogP contribution < -0.4 is 9.64 Å². The number of amides is 1. The summed E-state index contributed by atoms with van der Waals surface area (Å²) in [6, 6.07) is 32.8. The maximum atomic E-state index is 13.7. The average Bonchev–Trinajstić information content (AvgIpc) is 3.65. The zero-order valence-electron chi connectivity index (χ0n) is 23.7. The molecule has 0 saturated carbocycles. The topological polar surface area (TPSA) is 92.6 Å². The predicted octanol–water partition coefficient (Wildman–Crippen LogP) is 8.25. The SMILES string of the molecule is O=C(C=Cc1ccccc1)C1=C(O)C(=O)N(c2nnc(SCc3ccc(Cl)cc3)s2)C1c1cccc(OCc2ccccc2)c1. The molecule has 1 unspecified atom stereocenters. The van der Waals surface area contributed by atoms with Crippen LogP contribution in [-0.4, -0.2) is 27.0 Å². The van der Waals surface area contributed by atoms with Crippen LogP contribution in [0.3, 0.4) is 0 Å². The van der Waals surface area contributed by atoms with Crippen molar-refractivity contribution >= 4 is 57.6 Å². The molecule has 1 aromatic heterocycles. The van der Waals surface area contributed by atoms with E-state index in [-0.39, 0.29) is 10.7 Å². The van der Waals surface area contributed by atoms with E-state index in [9.17, 15) is 14.7 Å². The fraction of sp³-hybridized carbons (Fsp3) is 0.0857. The van der Waals surface area contributed by atoms with E-state index in [1.807, 2.05) is 91.0 Å². The zero-order valence-corrected chi connectivity index (χ0v) is 26.1. The Morgan fingerprint density at radius 2 is 1.67 bits per heavy atom. The third-order valence-corrected chi connectivity index (χ3v) is 9.38. The molecule has 5 aromatic rings. The first-order valence-corrected chi connectivity index (χ1v) is 16.2. The number of allylic oxidation sites excluding steroid dienone is 1. The van der Waals surface area contributed by atoms with Gasteiger partial charge in [0.2, 0.25) is 5.13 Å². The highest BCUT2D eigenvalue weighted by Crippen LogP contribution is 2.44. The minimum atomic E-state index is -0.951. The predicted molar refractivity (Wildman–Crippen MR) is 179 cm³/mol. The fourth-order valence-corrected chi connectivity index (χ4v) is 6.74. The van der Waals surface area contributed by atoms with Crippen molar-refractivity contribution in [3.8, 4) is 5.75 Å². The van der Waals surface area contributed by atoms with Crippen LogP contribution in [-0.2, 0) is 21.9 Å².